The number of rotatable bonds is 7. The van der Waals surface area contributed by atoms with E-state index in [-0.39, 0.29) is 11.8 Å². The molecule has 2 rings (SSSR count). The van der Waals surface area contributed by atoms with E-state index in [9.17, 15) is 9.59 Å². The molecule has 1 aromatic heterocycles. The number of amides is 2. The molecule has 0 aliphatic carbocycles. The second-order valence-electron chi connectivity index (χ2n) is 8.17. The summed E-state index contributed by atoms with van der Waals surface area (Å²) in [5, 5.41) is 2.86. The molecule has 0 unspecified atom stereocenters. The van der Waals surface area contributed by atoms with Crippen molar-refractivity contribution in [2.24, 2.45) is 4.99 Å². The number of pyridine rings is 1. The zero-order chi connectivity index (χ0) is 23.7. The number of hydrogen-bond acceptors (Lipinski definition) is 5. The largest absolute Gasteiger partial charge is 0.367 e. The molecule has 172 valence electrons. The Hall–Kier alpha value is -3.22. The number of allylic oxidation sites excluding steroid dienone is 5. The Labute approximate surface area is 191 Å². The Bertz CT molecular complexity index is 934. The van der Waals surface area contributed by atoms with Crippen molar-refractivity contribution in [3.05, 3.63) is 53.3 Å². The van der Waals surface area contributed by atoms with Crippen LogP contribution in [0.5, 0.6) is 0 Å². The molecule has 32 heavy (non-hydrogen) atoms. The SMILES string of the molecule is CN=C(C)/C=C(C)/C(C)=C/C=C(\C)CC(=O)Nc1ccc(N2CCN(C(C)=O)CC2)cn1. The van der Waals surface area contributed by atoms with Gasteiger partial charge in [0.05, 0.1) is 11.9 Å². The first-order chi connectivity index (χ1) is 15.2. The van der Waals surface area contributed by atoms with E-state index in [0.29, 0.717) is 25.3 Å². The summed E-state index contributed by atoms with van der Waals surface area (Å²) in [4.78, 5) is 36.4. The van der Waals surface area contributed by atoms with E-state index < -0.39 is 0 Å². The van der Waals surface area contributed by atoms with Crippen LogP contribution in [0, 0.1) is 0 Å². The summed E-state index contributed by atoms with van der Waals surface area (Å²) in [6, 6.07) is 3.77. The molecule has 2 amide bonds. The molecule has 0 spiro atoms. The Morgan fingerprint density at radius 1 is 1.03 bits per heavy atom. The number of hydrogen-bond donors (Lipinski definition) is 1. The van der Waals surface area contributed by atoms with E-state index in [0.717, 1.165) is 41.2 Å². The van der Waals surface area contributed by atoms with Crippen LogP contribution in [0.4, 0.5) is 11.5 Å². The van der Waals surface area contributed by atoms with E-state index in [1.807, 2.05) is 56.0 Å². The van der Waals surface area contributed by atoms with E-state index >= 15 is 0 Å². The molecule has 7 heteroatoms. The average Bonchev–Trinajstić information content (AvgIpc) is 2.77. The molecular formula is C25H35N5O2. The maximum Gasteiger partial charge on any atom is 0.229 e. The third-order valence-electron chi connectivity index (χ3n) is 5.56. The van der Waals surface area contributed by atoms with Crippen molar-refractivity contribution in [3.63, 3.8) is 0 Å². The second-order valence-corrected chi connectivity index (χ2v) is 8.17. The number of anilines is 2. The van der Waals surface area contributed by atoms with Crippen molar-refractivity contribution >= 4 is 29.0 Å². The Morgan fingerprint density at radius 2 is 1.72 bits per heavy atom. The maximum absolute atomic E-state index is 12.4. The monoisotopic (exact) mass is 437 g/mol. The standard InChI is InChI=1S/C25H35N5O2/c1-18(7-8-19(2)20(3)16-21(4)26-6)15-25(32)28-24-10-9-23(17-27-24)30-13-11-29(12-14-30)22(5)31/h7-10,16-17H,11-15H2,1-6H3,(H,27,28,32)/b18-7+,19-8+,20-16+,26-21?. The summed E-state index contributed by atoms with van der Waals surface area (Å²) in [7, 11) is 1.78. The highest BCUT2D eigenvalue weighted by atomic mass is 16.2. The lowest BCUT2D eigenvalue weighted by molar-refractivity contribution is -0.129. The van der Waals surface area contributed by atoms with E-state index in [1.54, 1.807) is 20.2 Å². The second kappa shape index (κ2) is 12.0. The molecule has 0 aromatic carbocycles. The fourth-order valence-electron chi connectivity index (χ4n) is 3.32. The van der Waals surface area contributed by atoms with Gasteiger partial charge in [0.1, 0.15) is 5.82 Å². The van der Waals surface area contributed by atoms with Crippen molar-refractivity contribution in [1.29, 1.82) is 0 Å². The lowest BCUT2D eigenvalue weighted by Gasteiger charge is -2.35. The minimum absolute atomic E-state index is 0.0960. The molecule has 2 heterocycles. The summed E-state index contributed by atoms with van der Waals surface area (Å²) < 4.78 is 0. The van der Waals surface area contributed by atoms with Crippen LogP contribution in [0.2, 0.25) is 0 Å². The molecule has 1 fully saturated rings. The van der Waals surface area contributed by atoms with Gasteiger partial charge in [-0.25, -0.2) is 4.98 Å². The van der Waals surface area contributed by atoms with Crippen molar-refractivity contribution in [1.82, 2.24) is 9.88 Å². The molecule has 1 aromatic rings. The highest BCUT2D eigenvalue weighted by Gasteiger charge is 2.19. The summed E-state index contributed by atoms with van der Waals surface area (Å²) in [6.07, 6.45) is 8.11. The van der Waals surface area contributed by atoms with Gasteiger partial charge < -0.3 is 15.1 Å². The number of aromatic nitrogens is 1. The predicted molar refractivity (Wildman–Crippen MR) is 132 cm³/mol. The number of nitrogens with one attached hydrogen (secondary N) is 1. The third-order valence-corrected chi connectivity index (χ3v) is 5.56. The zero-order valence-corrected chi connectivity index (χ0v) is 20.1. The van der Waals surface area contributed by atoms with Gasteiger partial charge >= 0.3 is 0 Å². The van der Waals surface area contributed by atoms with Gasteiger partial charge in [0.2, 0.25) is 11.8 Å². The number of carbonyl (C=O) groups excluding carboxylic acids is 2. The first kappa shape index (κ1) is 25.0. The van der Waals surface area contributed by atoms with E-state index in [4.69, 9.17) is 0 Å². The first-order valence-electron chi connectivity index (χ1n) is 10.9. The lowest BCUT2D eigenvalue weighted by Crippen LogP contribution is -2.48. The summed E-state index contributed by atoms with van der Waals surface area (Å²) in [5.74, 6) is 0.554. The molecule has 0 radical (unpaired) electrons. The quantitative estimate of drug-likeness (QED) is 0.516. The Balaban J connectivity index is 1.89. The minimum Gasteiger partial charge on any atom is -0.367 e. The number of carbonyl (C=O) groups is 2. The molecular weight excluding hydrogens is 402 g/mol. The molecule has 0 saturated carbocycles. The molecule has 0 atom stereocenters. The first-order valence-corrected chi connectivity index (χ1v) is 10.9. The highest BCUT2D eigenvalue weighted by molar-refractivity contribution is 5.93. The topological polar surface area (TPSA) is 77.9 Å². The van der Waals surface area contributed by atoms with Crippen LogP contribution >= 0.6 is 0 Å². The van der Waals surface area contributed by atoms with Crippen LogP contribution in [-0.4, -0.2) is 60.6 Å². The van der Waals surface area contributed by atoms with Gasteiger partial charge in [-0.3, -0.25) is 14.6 Å². The van der Waals surface area contributed by atoms with Crippen LogP contribution in [0.1, 0.15) is 41.0 Å². The molecule has 0 bridgehead atoms. The number of piperazine rings is 1. The zero-order valence-electron chi connectivity index (χ0n) is 20.1. The van der Waals surface area contributed by atoms with Crippen molar-refractivity contribution in [3.8, 4) is 0 Å². The minimum atomic E-state index is -0.0960. The van der Waals surface area contributed by atoms with Crippen LogP contribution in [0.3, 0.4) is 0 Å². The fraction of sp³-hybridized carbons (Fsp3) is 0.440. The molecule has 1 aliphatic rings. The van der Waals surface area contributed by atoms with Crippen LogP contribution in [0.25, 0.3) is 0 Å². The lowest BCUT2D eigenvalue weighted by atomic mass is 10.1. The Kier molecular flexibility index (Phi) is 9.38. The van der Waals surface area contributed by atoms with Crippen LogP contribution in [-0.2, 0) is 9.59 Å². The van der Waals surface area contributed by atoms with E-state index in [2.05, 4.69) is 27.1 Å². The molecule has 1 saturated heterocycles. The molecule has 1 N–H and O–H groups in total. The van der Waals surface area contributed by atoms with Gasteiger partial charge in [-0.1, -0.05) is 17.7 Å². The van der Waals surface area contributed by atoms with Crippen LogP contribution in [0.15, 0.2) is 58.3 Å². The summed E-state index contributed by atoms with van der Waals surface area (Å²) in [5.41, 5.74) is 5.22. The number of aliphatic imine (C=N–C) groups is 1. The van der Waals surface area contributed by atoms with Gasteiger partial charge in [-0.15, -0.1) is 0 Å². The molecule has 1 aliphatic heterocycles. The summed E-state index contributed by atoms with van der Waals surface area (Å²) in [6.45, 7) is 12.6. The van der Waals surface area contributed by atoms with Gasteiger partial charge in [0.25, 0.3) is 0 Å². The van der Waals surface area contributed by atoms with Crippen molar-refractivity contribution < 1.29 is 9.59 Å². The number of nitrogens with zero attached hydrogens (tertiary/aromatic N) is 4. The van der Waals surface area contributed by atoms with E-state index in [1.165, 1.54) is 0 Å². The molecule has 7 nitrogen and oxygen atoms in total. The predicted octanol–water partition coefficient (Wildman–Crippen LogP) is 4.01. The summed E-state index contributed by atoms with van der Waals surface area (Å²) >= 11 is 0. The van der Waals surface area contributed by atoms with Crippen molar-refractivity contribution in [2.45, 2.75) is 41.0 Å². The maximum atomic E-state index is 12.4. The smallest absolute Gasteiger partial charge is 0.229 e. The normalized spacial score (nSPS) is 16.3. The van der Waals surface area contributed by atoms with Gasteiger partial charge in [-0.2, -0.15) is 0 Å². The van der Waals surface area contributed by atoms with Crippen molar-refractivity contribution in [2.75, 3.05) is 43.4 Å². The fourth-order valence-corrected chi connectivity index (χ4v) is 3.32. The van der Waals surface area contributed by atoms with Gasteiger partial charge in [0, 0.05) is 52.3 Å². The van der Waals surface area contributed by atoms with Gasteiger partial charge in [-0.05, 0) is 57.0 Å². The van der Waals surface area contributed by atoms with Gasteiger partial charge in [0.15, 0.2) is 0 Å². The average molecular weight is 438 g/mol. The Morgan fingerprint density at radius 3 is 2.28 bits per heavy atom. The third kappa shape index (κ3) is 7.80. The highest BCUT2D eigenvalue weighted by Crippen LogP contribution is 2.18. The van der Waals surface area contributed by atoms with Crippen LogP contribution < -0.4 is 10.2 Å².